The van der Waals surface area contributed by atoms with Crippen LogP contribution in [0, 0.1) is 0 Å². The summed E-state index contributed by atoms with van der Waals surface area (Å²) >= 11 is 0. The molecule has 0 saturated carbocycles. The number of H-pyrrole nitrogens is 1. The molecule has 3 aromatic rings. The Balaban J connectivity index is 2.18. The van der Waals surface area contributed by atoms with Crippen LogP contribution in [0.5, 0.6) is 0 Å². The normalized spacial score (nSPS) is 10.6. The number of hydrazine groups is 1. The van der Waals surface area contributed by atoms with Crippen LogP contribution in [-0.4, -0.2) is 10.9 Å². The van der Waals surface area contributed by atoms with Crippen LogP contribution < -0.4 is 11.3 Å². The second kappa shape index (κ2) is 4.59. The standard InChI is InChI=1S/C15H13N3O/c16-18-15(19)12-7-3-2-6-11(12)14-9-10-5-1-4-8-13(10)17-14/h1-9,17H,16H2,(H,18,19). The van der Waals surface area contributed by atoms with Crippen molar-refractivity contribution in [1.29, 1.82) is 0 Å². The number of rotatable bonds is 2. The van der Waals surface area contributed by atoms with Crippen LogP contribution in [0.3, 0.4) is 0 Å². The van der Waals surface area contributed by atoms with E-state index in [0.29, 0.717) is 5.56 Å². The molecule has 0 aliphatic carbocycles. The number of para-hydroxylation sites is 1. The average Bonchev–Trinajstić information content (AvgIpc) is 2.90. The van der Waals surface area contributed by atoms with Gasteiger partial charge in [-0.05, 0) is 18.2 Å². The zero-order valence-corrected chi connectivity index (χ0v) is 10.2. The van der Waals surface area contributed by atoms with Gasteiger partial charge < -0.3 is 4.98 Å². The van der Waals surface area contributed by atoms with Gasteiger partial charge in [-0.25, -0.2) is 5.84 Å². The van der Waals surface area contributed by atoms with Gasteiger partial charge in [0.15, 0.2) is 0 Å². The Morgan fingerprint density at radius 1 is 1.05 bits per heavy atom. The minimum atomic E-state index is -0.297. The summed E-state index contributed by atoms with van der Waals surface area (Å²) in [4.78, 5) is 15.1. The molecule has 4 nitrogen and oxygen atoms in total. The fourth-order valence-electron chi connectivity index (χ4n) is 2.21. The topological polar surface area (TPSA) is 70.9 Å². The molecule has 1 heterocycles. The maximum absolute atomic E-state index is 11.8. The van der Waals surface area contributed by atoms with E-state index in [1.807, 2.05) is 48.5 Å². The summed E-state index contributed by atoms with van der Waals surface area (Å²) in [5.74, 6) is 4.92. The number of nitrogen functional groups attached to an aromatic ring is 1. The van der Waals surface area contributed by atoms with Gasteiger partial charge in [0.1, 0.15) is 0 Å². The van der Waals surface area contributed by atoms with Gasteiger partial charge in [-0.15, -0.1) is 0 Å². The lowest BCUT2D eigenvalue weighted by atomic mass is 10.0. The number of nitrogens with one attached hydrogen (secondary N) is 2. The number of hydrogen-bond donors (Lipinski definition) is 3. The van der Waals surface area contributed by atoms with E-state index < -0.39 is 0 Å². The highest BCUT2D eigenvalue weighted by Gasteiger charge is 2.12. The molecule has 0 fully saturated rings. The fourth-order valence-corrected chi connectivity index (χ4v) is 2.21. The monoisotopic (exact) mass is 251 g/mol. The number of fused-ring (bicyclic) bond motifs is 1. The number of carbonyl (C=O) groups excluding carboxylic acids is 1. The van der Waals surface area contributed by atoms with Crippen LogP contribution in [-0.2, 0) is 0 Å². The molecule has 0 radical (unpaired) electrons. The number of aromatic nitrogens is 1. The van der Waals surface area contributed by atoms with E-state index in [1.165, 1.54) is 0 Å². The van der Waals surface area contributed by atoms with Crippen LogP contribution in [0.2, 0.25) is 0 Å². The van der Waals surface area contributed by atoms with Crippen molar-refractivity contribution in [3.8, 4) is 11.3 Å². The second-order valence-corrected chi connectivity index (χ2v) is 4.29. The van der Waals surface area contributed by atoms with E-state index in [9.17, 15) is 4.79 Å². The number of amides is 1. The van der Waals surface area contributed by atoms with E-state index in [0.717, 1.165) is 22.2 Å². The fraction of sp³-hybridized carbons (Fsp3) is 0. The number of nitrogens with two attached hydrogens (primary N) is 1. The van der Waals surface area contributed by atoms with Gasteiger partial charge in [0.05, 0.1) is 0 Å². The smallest absolute Gasteiger partial charge is 0.265 e. The molecule has 0 aliphatic rings. The number of aromatic amines is 1. The van der Waals surface area contributed by atoms with Gasteiger partial charge in [-0.3, -0.25) is 10.2 Å². The summed E-state index contributed by atoms with van der Waals surface area (Å²) in [6, 6.07) is 17.4. The van der Waals surface area contributed by atoms with E-state index in [1.54, 1.807) is 6.07 Å². The van der Waals surface area contributed by atoms with Crippen LogP contribution in [0.4, 0.5) is 0 Å². The van der Waals surface area contributed by atoms with Crippen molar-refractivity contribution in [2.75, 3.05) is 0 Å². The van der Waals surface area contributed by atoms with Crippen molar-refractivity contribution in [1.82, 2.24) is 10.4 Å². The molecule has 0 aliphatic heterocycles. The number of carbonyl (C=O) groups is 1. The lowest BCUT2D eigenvalue weighted by molar-refractivity contribution is 0.0954. The van der Waals surface area contributed by atoms with Crippen LogP contribution in [0.1, 0.15) is 10.4 Å². The molecule has 0 saturated heterocycles. The summed E-state index contributed by atoms with van der Waals surface area (Å²) in [6.07, 6.45) is 0. The Hall–Kier alpha value is -2.59. The Morgan fingerprint density at radius 2 is 1.79 bits per heavy atom. The third kappa shape index (κ3) is 1.98. The molecule has 19 heavy (non-hydrogen) atoms. The minimum absolute atomic E-state index is 0.297. The highest BCUT2D eigenvalue weighted by atomic mass is 16.2. The second-order valence-electron chi connectivity index (χ2n) is 4.29. The first kappa shape index (κ1) is 11.5. The summed E-state index contributed by atoms with van der Waals surface area (Å²) in [5, 5.41) is 1.11. The van der Waals surface area contributed by atoms with Gasteiger partial charge in [-0.1, -0.05) is 36.4 Å². The van der Waals surface area contributed by atoms with E-state index >= 15 is 0 Å². The molecular weight excluding hydrogens is 238 g/mol. The van der Waals surface area contributed by atoms with Gasteiger partial charge in [-0.2, -0.15) is 0 Å². The third-order valence-corrected chi connectivity index (χ3v) is 3.12. The number of benzene rings is 2. The maximum atomic E-state index is 11.8. The van der Waals surface area contributed by atoms with Crippen molar-refractivity contribution in [3.63, 3.8) is 0 Å². The predicted octanol–water partition coefficient (Wildman–Crippen LogP) is 2.44. The Kier molecular flexibility index (Phi) is 2.78. The molecule has 0 unspecified atom stereocenters. The first-order valence-corrected chi connectivity index (χ1v) is 5.97. The van der Waals surface area contributed by atoms with Crippen molar-refractivity contribution in [3.05, 3.63) is 60.2 Å². The average molecular weight is 251 g/mol. The summed E-state index contributed by atoms with van der Waals surface area (Å²) in [6.45, 7) is 0. The molecule has 0 spiro atoms. The van der Waals surface area contributed by atoms with Crippen LogP contribution in [0.25, 0.3) is 22.2 Å². The first-order valence-electron chi connectivity index (χ1n) is 5.97. The SMILES string of the molecule is NNC(=O)c1ccccc1-c1cc2ccccc2[nH]1. The lowest BCUT2D eigenvalue weighted by Gasteiger charge is -2.06. The van der Waals surface area contributed by atoms with E-state index in [-0.39, 0.29) is 5.91 Å². The zero-order chi connectivity index (χ0) is 13.2. The van der Waals surface area contributed by atoms with E-state index in [2.05, 4.69) is 10.4 Å². The van der Waals surface area contributed by atoms with Crippen LogP contribution in [0.15, 0.2) is 54.6 Å². The van der Waals surface area contributed by atoms with Gasteiger partial charge >= 0.3 is 0 Å². The molecule has 4 heteroatoms. The van der Waals surface area contributed by atoms with Crippen molar-refractivity contribution in [2.24, 2.45) is 5.84 Å². The van der Waals surface area contributed by atoms with Crippen molar-refractivity contribution < 1.29 is 4.79 Å². The predicted molar refractivity (Wildman–Crippen MR) is 75.4 cm³/mol. The first-order chi connectivity index (χ1) is 9.29. The largest absolute Gasteiger partial charge is 0.355 e. The molecule has 1 amide bonds. The quantitative estimate of drug-likeness (QED) is 0.372. The maximum Gasteiger partial charge on any atom is 0.265 e. The Morgan fingerprint density at radius 3 is 2.58 bits per heavy atom. The third-order valence-electron chi connectivity index (χ3n) is 3.12. The van der Waals surface area contributed by atoms with Gasteiger partial charge in [0, 0.05) is 27.7 Å². The van der Waals surface area contributed by atoms with Crippen LogP contribution >= 0.6 is 0 Å². The lowest BCUT2D eigenvalue weighted by Crippen LogP contribution is -2.30. The highest BCUT2D eigenvalue weighted by Crippen LogP contribution is 2.26. The molecule has 0 bridgehead atoms. The number of hydrogen-bond acceptors (Lipinski definition) is 2. The minimum Gasteiger partial charge on any atom is -0.355 e. The van der Waals surface area contributed by atoms with Gasteiger partial charge in [0.25, 0.3) is 5.91 Å². The molecule has 94 valence electrons. The summed E-state index contributed by atoms with van der Waals surface area (Å²) < 4.78 is 0. The van der Waals surface area contributed by atoms with Crippen molar-refractivity contribution in [2.45, 2.75) is 0 Å². The van der Waals surface area contributed by atoms with Gasteiger partial charge in [0.2, 0.25) is 0 Å². The van der Waals surface area contributed by atoms with E-state index in [4.69, 9.17) is 5.84 Å². The molecular formula is C15H13N3O. The van der Waals surface area contributed by atoms with Crippen molar-refractivity contribution >= 4 is 16.8 Å². The molecule has 2 aromatic carbocycles. The zero-order valence-electron chi connectivity index (χ0n) is 10.2. The molecule has 1 aromatic heterocycles. The Labute approximate surface area is 110 Å². The Bertz CT molecular complexity index is 713. The molecule has 4 N–H and O–H groups in total. The highest BCUT2D eigenvalue weighted by molar-refractivity contribution is 6.01. The summed E-state index contributed by atoms with van der Waals surface area (Å²) in [7, 11) is 0. The molecule has 3 rings (SSSR count). The summed E-state index contributed by atoms with van der Waals surface area (Å²) in [5.41, 5.74) is 5.50. The molecule has 0 atom stereocenters.